The molecular weight excluding hydrogens is 168 g/mol. The molecule has 78 valence electrons. The van der Waals surface area contributed by atoms with Crippen molar-refractivity contribution in [1.29, 1.82) is 0 Å². The Labute approximate surface area is 80.1 Å². The van der Waals surface area contributed by atoms with Gasteiger partial charge in [-0.1, -0.05) is 13.3 Å². The van der Waals surface area contributed by atoms with Gasteiger partial charge in [0.25, 0.3) is 0 Å². The number of aliphatic hydroxyl groups excluding tert-OH is 1. The molecule has 0 aromatic carbocycles. The van der Waals surface area contributed by atoms with Crippen molar-refractivity contribution in [3.05, 3.63) is 0 Å². The number of ether oxygens (including phenoxy) is 1. The number of ketones is 1. The summed E-state index contributed by atoms with van der Waals surface area (Å²) in [5, 5.41) is 9.32. The van der Waals surface area contributed by atoms with Crippen LogP contribution in [0, 0.1) is 0 Å². The minimum Gasteiger partial charge on any atom is -0.391 e. The van der Waals surface area contributed by atoms with Crippen LogP contribution < -0.4 is 0 Å². The number of unbranched alkanes of at least 4 members (excludes halogenated alkanes) is 1. The lowest BCUT2D eigenvalue weighted by Crippen LogP contribution is -2.16. The molecule has 0 saturated heterocycles. The van der Waals surface area contributed by atoms with Crippen LogP contribution in [0.3, 0.4) is 0 Å². The maximum atomic E-state index is 10.6. The number of Topliss-reactive ketones (excluding diaryl/α,β-unsaturated/α-hetero) is 1. The SMILES string of the molecule is CCCCOCC(O)CCC(C)=O. The fraction of sp³-hybridized carbons (Fsp3) is 0.900. The van der Waals surface area contributed by atoms with Gasteiger partial charge in [-0.25, -0.2) is 0 Å². The predicted octanol–water partition coefficient (Wildman–Crippen LogP) is 1.53. The fourth-order valence-electron chi connectivity index (χ4n) is 0.919. The summed E-state index contributed by atoms with van der Waals surface area (Å²) in [6, 6.07) is 0. The van der Waals surface area contributed by atoms with Gasteiger partial charge in [0.1, 0.15) is 5.78 Å². The van der Waals surface area contributed by atoms with Gasteiger partial charge in [0.2, 0.25) is 0 Å². The van der Waals surface area contributed by atoms with Crippen LogP contribution in [0.25, 0.3) is 0 Å². The number of hydrogen-bond acceptors (Lipinski definition) is 3. The van der Waals surface area contributed by atoms with E-state index in [2.05, 4.69) is 6.92 Å². The van der Waals surface area contributed by atoms with Crippen LogP contribution in [0.2, 0.25) is 0 Å². The maximum absolute atomic E-state index is 10.6. The molecule has 1 atom stereocenters. The van der Waals surface area contributed by atoms with Crippen LogP contribution in [-0.2, 0) is 9.53 Å². The molecule has 0 amide bonds. The van der Waals surface area contributed by atoms with Gasteiger partial charge in [-0.2, -0.15) is 0 Å². The summed E-state index contributed by atoms with van der Waals surface area (Å²) in [4.78, 5) is 10.6. The van der Waals surface area contributed by atoms with Crippen molar-refractivity contribution in [3.63, 3.8) is 0 Å². The number of aliphatic hydroxyl groups is 1. The first kappa shape index (κ1) is 12.6. The van der Waals surface area contributed by atoms with Crippen LogP contribution in [0.5, 0.6) is 0 Å². The molecule has 3 heteroatoms. The van der Waals surface area contributed by atoms with Gasteiger partial charge >= 0.3 is 0 Å². The molecule has 0 fully saturated rings. The second kappa shape index (κ2) is 8.20. The molecule has 0 aromatic rings. The van der Waals surface area contributed by atoms with Gasteiger partial charge in [0, 0.05) is 13.0 Å². The molecule has 1 N–H and O–H groups in total. The zero-order valence-electron chi connectivity index (χ0n) is 8.58. The molecule has 0 aromatic heterocycles. The zero-order valence-corrected chi connectivity index (χ0v) is 8.58. The van der Waals surface area contributed by atoms with Crippen molar-refractivity contribution >= 4 is 5.78 Å². The van der Waals surface area contributed by atoms with Crippen molar-refractivity contribution in [2.45, 2.75) is 45.6 Å². The lowest BCUT2D eigenvalue weighted by atomic mass is 10.1. The Bertz CT molecular complexity index is 134. The van der Waals surface area contributed by atoms with Gasteiger partial charge in [-0.3, -0.25) is 0 Å². The molecule has 13 heavy (non-hydrogen) atoms. The molecule has 0 aliphatic heterocycles. The minimum atomic E-state index is -0.485. The van der Waals surface area contributed by atoms with Gasteiger partial charge in [0.05, 0.1) is 12.7 Å². The summed E-state index contributed by atoms with van der Waals surface area (Å²) in [7, 11) is 0. The summed E-state index contributed by atoms with van der Waals surface area (Å²) in [5.41, 5.74) is 0. The van der Waals surface area contributed by atoms with E-state index in [9.17, 15) is 9.90 Å². The van der Waals surface area contributed by atoms with Gasteiger partial charge in [0.15, 0.2) is 0 Å². The Hall–Kier alpha value is -0.410. The first-order chi connectivity index (χ1) is 6.16. The average molecular weight is 188 g/mol. The first-order valence-electron chi connectivity index (χ1n) is 4.92. The smallest absolute Gasteiger partial charge is 0.129 e. The van der Waals surface area contributed by atoms with Gasteiger partial charge in [-0.05, 0) is 19.8 Å². The summed E-state index contributed by atoms with van der Waals surface area (Å²) in [6.07, 6.45) is 2.60. The molecule has 1 unspecified atom stereocenters. The summed E-state index contributed by atoms with van der Waals surface area (Å²) in [5.74, 6) is 0.118. The van der Waals surface area contributed by atoms with Crippen LogP contribution in [-0.4, -0.2) is 30.2 Å². The van der Waals surface area contributed by atoms with Crippen molar-refractivity contribution in [2.24, 2.45) is 0 Å². The molecule has 3 nitrogen and oxygen atoms in total. The quantitative estimate of drug-likeness (QED) is 0.588. The normalized spacial score (nSPS) is 12.8. The fourth-order valence-corrected chi connectivity index (χ4v) is 0.919. The summed E-state index contributed by atoms with van der Waals surface area (Å²) < 4.78 is 5.21. The van der Waals surface area contributed by atoms with E-state index in [1.54, 1.807) is 0 Å². The van der Waals surface area contributed by atoms with Crippen molar-refractivity contribution in [1.82, 2.24) is 0 Å². The van der Waals surface area contributed by atoms with Gasteiger partial charge in [-0.15, -0.1) is 0 Å². The third kappa shape index (κ3) is 9.50. The van der Waals surface area contributed by atoms with E-state index in [1.165, 1.54) is 6.92 Å². The molecule has 0 radical (unpaired) electrons. The maximum Gasteiger partial charge on any atom is 0.129 e. The molecule has 0 aliphatic rings. The summed E-state index contributed by atoms with van der Waals surface area (Å²) >= 11 is 0. The lowest BCUT2D eigenvalue weighted by Gasteiger charge is -2.09. The van der Waals surface area contributed by atoms with Crippen molar-refractivity contribution in [2.75, 3.05) is 13.2 Å². The highest BCUT2D eigenvalue weighted by molar-refractivity contribution is 5.75. The van der Waals surface area contributed by atoms with Crippen LogP contribution in [0.4, 0.5) is 0 Å². The average Bonchev–Trinajstić information content (AvgIpc) is 2.09. The van der Waals surface area contributed by atoms with E-state index in [1.807, 2.05) is 0 Å². The van der Waals surface area contributed by atoms with Crippen LogP contribution in [0.15, 0.2) is 0 Å². The highest BCUT2D eigenvalue weighted by Gasteiger charge is 2.05. The second-order valence-electron chi connectivity index (χ2n) is 3.32. The first-order valence-corrected chi connectivity index (χ1v) is 4.92. The Morgan fingerprint density at radius 1 is 1.54 bits per heavy atom. The number of carbonyl (C=O) groups is 1. The Morgan fingerprint density at radius 2 is 2.23 bits per heavy atom. The van der Waals surface area contributed by atoms with Crippen LogP contribution in [0.1, 0.15) is 39.5 Å². The second-order valence-corrected chi connectivity index (χ2v) is 3.32. The minimum absolute atomic E-state index is 0.118. The predicted molar refractivity (Wildman–Crippen MR) is 51.6 cm³/mol. The largest absolute Gasteiger partial charge is 0.391 e. The van der Waals surface area contributed by atoms with Gasteiger partial charge < -0.3 is 14.6 Å². The summed E-state index contributed by atoms with van der Waals surface area (Å²) in [6.45, 7) is 4.68. The van der Waals surface area contributed by atoms with Crippen LogP contribution >= 0.6 is 0 Å². The third-order valence-electron chi connectivity index (χ3n) is 1.78. The van der Waals surface area contributed by atoms with E-state index in [4.69, 9.17) is 4.74 Å². The Kier molecular flexibility index (Phi) is 7.94. The number of carbonyl (C=O) groups excluding carboxylic acids is 1. The molecular formula is C10H20O3. The highest BCUT2D eigenvalue weighted by atomic mass is 16.5. The molecule has 0 heterocycles. The van der Waals surface area contributed by atoms with E-state index in [0.717, 1.165) is 12.8 Å². The lowest BCUT2D eigenvalue weighted by molar-refractivity contribution is -0.117. The van der Waals surface area contributed by atoms with E-state index in [0.29, 0.717) is 26.1 Å². The molecule has 0 aliphatic carbocycles. The Balaban J connectivity index is 3.19. The number of hydrogen-bond donors (Lipinski definition) is 1. The monoisotopic (exact) mass is 188 g/mol. The third-order valence-corrected chi connectivity index (χ3v) is 1.78. The Morgan fingerprint density at radius 3 is 2.77 bits per heavy atom. The molecule has 0 rings (SSSR count). The molecule has 0 saturated carbocycles. The van der Waals surface area contributed by atoms with Crippen molar-refractivity contribution < 1.29 is 14.6 Å². The molecule has 0 spiro atoms. The van der Waals surface area contributed by atoms with E-state index < -0.39 is 6.10 Å². The topological polar surface area (TPSA) is 46.5 Å². The highest BCUT2D eigenvalue weighted by Crippen LogP contribution is 1.99. The zero-order chi connectivity index (χ0) is 10.1. The van der Waals surface area contributed by atoms with E-state index >= 15 is 0 Å². The van der Waals surface area contributed by atoms with Crippen molar-refractivity contribution in [3.8, 4) is 0 Å². The standard InChI is InChI=1S/C10H20O3/c1-3-4-7-13-8-10(12)6-5-9(2)11/h10,12H,3-8H2,1-2H3. The number of rotatable bonds is 8. The molecule has 0 bridgehead atoms. The van der Waals surface area contributed by atoms with E-state index in [-0.39, 0.29) is 5.78 Å².